The van der Waals surface area contributed by atoms with E-state index >= 15 is 0 Å². The molecule has 1 aliphatic heterocycles. The van der Waals surface area contributed by atoms with Crippen molar-refractivity contribution in [1.29, 1.82) is 0 Å². The summed E-state index contributed by atoms with van der Waals surface area (Å²) in [5.41, 5.74) is 3.85. The van der Waals surface area contributed by atoms with Crippen molar-refractivity contribution >= 4 is 40.2 Å². The molecule has 0 unspecified atom stereocenters. The van der Waals surface area contributed by atoms with Gasteiger partial charge in [0.05, 0.1) is 16.7 Å². The number of aliphatic carboxylic acids is 1. The molecule has 2 heterocycles. The molecule has 0 radical (unpaired) electrons. The highest BCUT2D eigenvalue weighted by molar-refractivity contribution is 7.99. The van der Waals surface area contributed by atoms with Crippen molar-refractivity contribution < 1.29 is 27.9 Å². The number of fused-ring (bicyclic) bond motifs is 1. The van der Waals surface area contributed by atoms with Crippen molar-refractivity contribution in [1.82, 2.24) is 14.9 Å². The summed E-state index contributed by atoms with van der Waals surface area (Å²) in [6.45, 7) is 6.50. The molecular formula is C27H33F3N4O4S. The number of nitrogens with one attached hydrogen (secondary N) is 2. The average Bonchev–Trinajstić information content (AvgIpc) is 2.84. The van der Waals surface area contributed by atoms with Crippen molar-refractivity contribution in [2.45, 2.75) is 57.8 Å². The standard InChI is InChI=1S/C24H28N4O2S.C2HF3O2.CH4/c1-16-5-3-8-21-23(16)26-22(27-24(21)30)15-31-20-9-11-28(12-10-20)14-18-6-4-7-19(13-18)25-17(2)29;3-2(4,5)1(6)7;/h3-8,13,20H,9-12,14-15H2,1-2H3,(H,25,29)(H,26,27,30);(H,6,7);1H4. The van der Waals surface area contributed by atoms with E-state index in [-0.39, 0.29) is 18.9 Å². The first-order chi connectivity index (χ1) is 17.9. The molecule has 0 saturated carbocycles. The van der Waals surface area contributed by atoms with Crippen LogP contribution in [-0.2, 0) is 21.9 Å². The van der Waals surface area contributed by atoms with Crippen molar-refractivity contribution in [2.75, 3.05) is 18.4 Å². The Morgan fingerprint density at radius 2 is 1.82 bits per heavy atom. The highest BCUT2D eigenvalue weighted by Crippen LogP contribution is 2.27. The molecule has 212 valence electrons. The molecule has 3 aromatic rings. The van der Waals surface area contributed by atoms with Gasteiger partial charge in [-0.1, -0.05) is 31.7 Å². The number of para-hydroxylation sites is 1. The second-order valence-corrected chi connectivity index (χ2v) is 10.2. The number of carboxylic acid groups (broad SMARTS) is 1. The second kappa shape index (κ2) is 14.1. The van der Waals surface area contributed by atoms with Crippen LogP contribution in [0, 0.1) is 6.92 Å². The Kier molecular flexibility index (Phi) is 11.5. The van der Waals surface area contributed by atoms with E-state index in [0.29, 0.717) is 10.6 Å². The maximum absolute atomic E-state index is 12.4. The number of aromatic amines is 1. The lowest BCUT2D eigenvalue weighted by molar-refractivity contribution is -0.192. The number of carbonyl (C=O) groups excluding carboxylic acids is 1. The van der Waals surface area contributed by atoms with Gasteiger partial charge in [-0.25, -0.2) is 9.78 Å². The molecule has 39 heavy (non-hydrogen) atoms. The number of hydrogen-bond donors (Lipinski definition) is 3. The van der Waals surface area contributed by atoms with Crippen molar-refractivity contribution in [3.8, 4) is 0 Å². The molecule has 2 aromatic carbocycles. The SMILES string of the molecule is C.CC(=O)Nc1cccc(CN2CCC(SCc3nc4c(C)cccc4c(=O)[nH]3)CC2)c1.O=C(O)C(F)(F)F. The number of thioether (sulfide) groups is 1. The van der Waals surface area contributed by atoms with Gasteiger partial charge < -0.3 is 15.4 Å². The number of rotatable bonds is 6. The largest absolute Gasteiger partial charge is 0.490 e. The third kappa shape index (κ3) is 9.70. The van der Waals surface area contributed by atoms with Crippen LogP contribution >= 0.6 is 11.8 Å². The van der Waals surface area contributed by atoms with Crippen LogP contribution in [0.5, 0.6) is 0 Å². The van der Waals surface area contributed by atoms with Gasteiger partial charge in [0, 0.05) is 24.4 Å². The monoisotopic (exact) mass is 566 g/mol. The first kappa shape index (κ1) is 31.8. The van der Waals surface area contributed by atoms with Crippen molar-refractivity contribution in [3.63, 3.8) is 0 Å². The molecule has 0 atom stereocenters. The second-order valence-electron chi connectivity index (χ2n) is 8.95. The average molecular weight is 567 g/mol. The molecule has 1 aromatic heterocycles. The number of carboxylic acids is 1. The number of H-pyrrole nitrogens is 1. The van der Waals surface area contributed by atoms with Gasteiger partial charge in [-0.2, -0.15) is 24.9 Å². The molecular weight excluding hydrogens is 533 g/mol. The molecule has 1 saturated heterocycles. The maximum atomic E-state index is 12.4. The van der Waals surface area contributed by atoms with Crippen LogP contribution in [0.3, 0.4) is 0 Å². The van der Waals surface area contributed by atoms with Crippen LogP contribution in [0.1, 0.15) is 44.1 Å². The molecule has 0 bridgehead atoms. The number of aryl methyl sites for hydroxylation is 1. The van der Waals surface area contributed by atoms with E-state index < -0.39 is 12.1 Å². The van der Waals surface area contributed by atoms with E-state index in [9.17, 15) is 22.8 Å². The summed E-state index contributed by atoms with van der Waals surface area (Å²) in [5.74, 6) is -1.32. The molecule has 12 heteroatoms. The third-order valence-corrected chi connectivity index (χ3v) is 7.26. The van der Waals surface area contributed by atoms with Gasteiger partial charge in [-0.3, -0.25) is 14.5 Å². The minimum absolute atomic E-state index is 0. The lowest BCUT2D eigenvalue weighted by atomic mass is 10.1. The van der Waals surface area contributed by atoms with Crippen molar-refractivity contribution in [3.05, 3.63) is 69.8 Å². The van der Waals surface area contributed by atoms with Gasteiger partial charge in [0.25, 0.3) is 5.56 Å². The maximum Gasteiger partial charge on any atom is 0.490 e. The predicted molar refractivity (Wildman–Crippen MR) is 148 cm³/mol. The number of hydrogen-bond acceptors (Lipinski definition) is 6. The fourth-order valence-electron chi connectivity index (χ4n) is 4.06. The minimum atomic E-state index is -5.08. The Morgan fingerprint density at radius 1 is 1.18 bits per heavy atom. The quantitative estimate of drug-likeness (QED) is 0.368. The van der Waals surface area contributed by atoms with E-state index in [4.69, 9.17) is 14.9 Å². The Balaban J connectivity index is 0.000000592. The molecule has 8 nitrogen and oxygen atoms in total. The van der Waals surface area contributed by atoms with Gasteiger partial charge >= 0.3 is 12.1 Å². The summed E-state index contributed by atoms with van der Waals surface area (Å²) in [6, 6.07) is 13.8. The molecule has 1 fully saturated rings. The summed E-state index contributed by atoms with van der Waals surface area (Å²) >= 11 is 1.88. The Labute approximate surface area is 229 Å². The molecule has 4 rings (SSSR count). The number of piperidine rings is 1. The van der Waals surface area contributed by atoms with Crippen LogP contribution in [0.2, 0.25) is 0 Å². The number of halogens is 3. The van der Waals surface area contributed by atoms with Crippen LogP contribution in [0.15, 0.2) is 47.3 Å². The predicted octanol–water partition coefficient (Wildman–Crippen LogP) is 5.36. The molecule has 1 aliphatic rings. The number of aromatic nitrogens is 2. The molecule has 1 amide bonds. The van der Waals surface area contributed by atoms with E-state index in [1.807, 2.05) is 55.1 Å². The highest BCUT2D eigenvalue weighted by Gasteiger charge is 2.38. The fourth-order valence-corrected chi connectivity index (χ4v) is 5.13. The van der Waals surface area contributed by atoms with E-state index in [2.05, 4.69) is 21.3 Å². The molecule has 3 N–H and O–H groups in total. The number of alkyl halides is 3. The van der Waals surface area contributed by atoms with E-state index in [1.165, 1.54) is 12.5 Å². The zero-order valence-corrected chi connectivity index (χ0v) is 21.8. The van der Waals surface area contributed by atoms with Crippen LogP contribution < -0.4 is 10.9 Å². The van der Waals surface area contributed by atoms with Crippen molar-refractivity contribution in [2.24, 2.45) is 0 Å². The van der Waals surface area contributed by atoms with Gasteiger partial charge in [0.15, 0.2) is 0 Å². The fraction of sp³-hybridized carbons (Fsp3) is 0.407. The number of amides is 1. The van der Waals surface area contributed by atoms with Crippen LogP contribution in [0.4, 0.5) is 18.9 Å². The van der Waals surface area contributed by atoms with Crippen LogP contribution in [-0.4, -0.2) is 56.4 Å². The zero-order valence-electron chi connectivity index (χ0n) is 21.0. The number of carbonyl (C=O) groups is 2. The summed E-state index contributed by atoms with van der Waals surface area (Å²) in [7, 11) is 0. The highest BCUT2D eigenvalue weighted by atomic mass is 32.2. The lowest BCUT2D eigenvalue weighted by Gasteiger charge is -2.31. The Morgan fingerprint density at radius 3 is 2.44 bits per heavy atom. The summed E-state index contributed by atoms with van der Waals surface area (Å²) in [5, 5.41) is 11.2. The van der Waals surface area contributed by atoms with Crippen LogP contribution in [0.25, 0.3) is 10.9 Å². The summed E-state index contributed by atoms with van der Waals surface area (Å²) < 4.78 is 31.7. The van der Waals surface area contributed by atoms with Gasteiger partial charge in [0.2, 0.25) is 5.91 Å². The van der Waals surface area contributed by atoms with Gasteiger partial charge in [-0.05, 0) is 62.2 Å². The third-order valence-electron chi connectivity index (χ3n) is 5.87. The summed E-state index contributed by atoms with van der Waals surface area (Å²) in [6.07, 6.45) is -2.85. The first-order valence-electron chi connectivity index (χ1n) is 11.9. The van der Waals surface area contributed by atoms with Gasteiger partial charge in [-0.15, -0.1) is 0 Å². The summed E-state index contributed by atoms with van der Waals surface area (Å²) in [4.78, 5) is 42.6. The van der Waals surface area contributed by atoms with Gasteiger partial charge in [0.1, 0.15) is 5.82 Å². The number of likely N-dealkylation sites (tertiary alicyclic amines) is 1. The molecule has 0 aliphatic carbocycles. The first-order valence-corrected chi connectivity index (χ1v) is 13.0. The Bertz CT molecular complexity index is 1340. The minimum Gasteiger partial charge on any atom is -0.475 e. The smallest absolute Gasteiger partial charge is 0.475 e. The Hall–Kier alpha value is -3.38. The number of nitrogens with zero attached hydrogens (tertiary/aromatic N) is 2. The number of anilines is 1. The number of benzene rings is 2. The zero-order chi connectivity index (χ0) is 27.9. The lowest BCUT2D eigenvalue weighted by Crippen LogP contribution is -2.34. The van der Waals surface area contributed by atoms with E-state index in [0.717, 1.165) is 60.8 Å². The normalized spacial score (nSPS) is 14.2. The topological polar surface area (TPSA) is 115 Å². The van der Waals surface area contributed by atoms with E-state index in [1.54, 1.807) is 0 Å². The molecule has 0 spiro atoms.